The normalized spacial score (nSPS) is 15.7. The predicted molar refractivity (Wildman–Crippen MR) is 122 cm³/mol. The summed E-state index contributed by atoms with van der Waals surface area (Å²) in [6.07, 6.45) is 3.76. The summed E-state index contributed by atoms with van der Waals surface area (Å²) in [6.45, 7) is 6.65. The molecule has 33 heavy (non-hydrogen) atoms. The van der Waals surface area contributed by atoms with Crippen LogP contribution in [0, 0.1) is 6.92 Å². The van der Waals surface area contributed by atoms with Crippen molar-refractivity contribution in [3.8, 4) is 5.75 Å². The van der Waals surface area contributed by atoms with Crippen LogP contribution in [0.3, 0.4) is 0 Å². The van der Waals surface area contributed by atoms with Crippen LogP contribution in [-0.4, -0.2) is 44.0 Å². The van der Waals surface area contributed by atoms with E-state index in [0.717, 1.165) is 24.0 Å². The number of carbonyl (C=O) groups is 1. The van der Waals surface area contributed by atoms with E-state index in [1.165, 1.54) is 4.90 Å². The zero-order valence-corrected chi connectivity index (χ0v) is 18.8. The fourth-order valence-electron chi connectivity index (χ4n) is 4.99. The van der Waals surface area contributed by atoms with Crippen LogP contribution in [0.2, 0.25) is 0 Å². The maximum Gasteiger partial charge on any atom is 0.342 e. The van der Waals surface area contributed by atoms with Gasteiger partial charge in [-0.3, -0.25) is 0 Å². The quantitative estimate of drug-likeness (QED) is 0.459. The number of phenols is 1. The maximum atomic E-state index is 13.1. The van der Waals surface area contributed by atoms with Crippen molar-refractivity contribution < 1.29 is 33.7 Å². The number of hydrogen-bond acceptors (Lipinski definition) is 5. The number of ether oxygens (including phenoxy) is 2. The minimum absolute atomic E-state index is 0.168. The lowest BCUT2D eigenvalue weighted by Crippen LogP contribution is -3.14. The Morgan fingerprint density at radius 2 is 1.85 bits per heavy atom. The van der Waals surface area contributed by atoms with Gasteiger partial charge in [-0.05, 0) is 13.8 Å². The van der Waals surface area contributed by atoms with Crippen molar-refractivity contribution in [2.75, 3.05) is 32.9 Å². The van der Waals surface area contributed by atoms with Crippen LogP contribution >= 0.6 is 0 Å². The molecule has 1 atom stereocenters. The molecule has 1 saturated heterocycles. The summed E-state index contributed by atoms with van der Waals surface area (Å²) in [5.41, 5.74) is 2.69. The third kappa shape index (κ3) is 3.63. The second-order valence-electron chi connectivity index (χ2n) is 8.30. The number of pyridine rings is 1. The molecule has 1 fully saturated rings. The first-order chi connectivity index (χ1) is 16.1. The molecule has 1 aliphatic rings. The summed E-state index contributed by atoms with van der Waals surface area (Å²) in [5, 5.41) is 13.8. The summed E-state index contributed by atoms with van der Waals surface area (Å²) >= 11 is 0. The Kier molecular flexibility index (Phi) is 5.74. The molecular formula is C26H28N2O5+2. The molecule has 3 heterocycles. The number of morpholine rings is 1. The third-order valence-electron chi connectivity index (χ3n) is 6.42. The number of fused-ring (bicyclic) bond motifs is 3. The number of esters is 1. The van der Waals surface area contributed by atoms with Gasteiger partial charge in [0, 0.05) is 33.9 Å². The van der Waals surface area contributed by atoms with Gasteiger partial charge in [0.2, 0.25) is 0 Å². The fraction of sp³-hybridized carbons (Fsp3) is 0.308. The second kappa shape index (κ2) is 8.84. The topological polar surface area (TPSA) is 87.5 Å². The summed E-state index contributed by atoms with van der Waals surface area (Å²) < 4.78 is 17.2. The average Bonchev–Trinajstić information content (AvgIpc) is 3.20. The van der Waals surface area contributed by atoms with E-state index in [9.17, 15) is 9.90 Å². The Morgan fingerprint density at radius 1 is 1.15 bits per heavy atom. The molecule has 7 nitrogen and oxygen atoms in total. The minimum atomic E-state index is -0.443. The van der Waals surface area contributed by atoms with Crippen LogP contribution in [0.25, 0.3) is 21.7 Å². The first kappa shape index (κ1) is 21.4. The van der Waals surface area contributed by atoms with Crippen molar-refractivity contribution in [1.29, 1.82) is 0 Å². The highest BCUT2D eigenvalue weighted by atomic mass is 16.5. The van der Waals surface area contributed by atoms with E-state index in [2.05, 4.69) is 4.98 Å². The van der Waals surface area contributed by atoms with Gasteiger partial charge in [0.25, 0.3) is 0 Å². The van der Waals surface area contributed by atoms with E-state index >= 15 is 0 Å². The molecule has 0 bridgehead atoms. The largest absolute Gasteiger partial charge is 0.507 e. The van der Waals surface area contributed by atoms with Crippen molar-refractivity contribution in [2.24, 2.45) is 0 Å². The zero-order chi connectivity index (χ0) is 22.9. The zero-order valence-electron chi connectivity index (χ0n) is 18.8. The SMILES string of the molecule is CCOC(=O)c1c(C)oc2c1c(C(c1cc[nH+]cc1)[NH+]1CCOCC1)c(O)c1ccccc12. The maximum absolute atomic E-state index is 13.1. The van der Waals surface area contributed by atoms with Gasteiger partial charge in [0.05, 0.1) is 25.4 Å². The summed E-state index contributed by atoms with van der Waals surface area (Å²) in [7, 11) is 0. The molecule has 0 radical (unpaired) electrons. The summed E-state index contributed by atoms with van der Waals surface area (Å²) in [4.78, 5) is 17.4. The fourth-order valence-corrected chi connectivity index (χ4v) is 4.99. The summed E-state index contributed by atoms with van der Waals surface area (Å²) in [6, 6.07) is 11.4. The molecule has 2 aromatic heterocycles. The van der Waals surface area contributed by atoms with Gasteiger partial charge < -0.3 is 23.9 Å². The Hall–Kier alpha value is -3.42. The number of aromatic nitrogens is 1. The lowest BCUT2D eigenvalue weighted by Gasteiger charge is -2.32. The van der Waals surface area contributed by atoms with E-state index in [1.54, 1.807) is 13.8 Å². The number of benzene rings is 2. The van der Waals surface area contributed by atoms with Gasteiger partial charge >= 0.3 is 5.97 Å². The van der Waals surface area contributed by atoms with E-state index < -0.39 is 5.97 Å². The Labute approximate surface area is 191 Å². The van der Waals surface area contributed by atoms with Crippen LogP contribution in [0.15, 0.2) is 53.2 Å². The molecule has 0 saturated carbocycles. The first-order valence-electron chi connectivity index (χ1n) is 11.3. The molecule has 0 amide bonds. The molecule has 1 unspecified atom stereocenters. The molecule has 0 spiro atoms. The smallest absolute Gasteiger partial charge is 0.342 e. The first-order valence-corrected chi connectivity index (χ1v) is 11.3. The highest BCUT2D eigenvalue weighted by molar-refractivity contribution is 6.16. The lowest BCUT2D eigenvalue weighted by atomic mass is 9.89. The third-order valence-corrected chi connectivity index (χ3v) is 6.42. The van der Waals surface area contributed by atoms with Crippen LogP contribution in [-0.2, 0) is 9.47 Å². The number of phenolic OH excluding ortho intramolecular Hbond substituents is 1. The molecule has 0 aliphatic carbocycles. The van der Waals surface area contributed by atoms with Crippen molar-refractivity contribution >= 4 is 27.7 Å². The van der Waals surface area contributed by atoms with E-state index in [-0.39, 0.29) is 18.4 Å². The molecule has 4 aromatic rings. The lowest BCUT2D eigenvalue weighted by molar-refractivity contribution is -0.933. The Bertz CT molecular complexity index is 1310. The van der Waals surface area contributed by atoms with Crippen LogP contribution < -0.4 is 9.88 Å². The van der Waals surface area contributed by atoms with E-state index in [1.807, 2.05) is 48.8 Å². The average molecular weight is 449 g/mol. The number of rotatable bonds is 5. The number of carbonyl (C=O) groups excluding carboxylic acids is 1. The van der Waals surface area contributed by atoms with Gasteiger partial charge in [0.1, 0.15) is 41.8 Å². The molecular weight excluding hydrogens is 420 g/mol. The van der Waals surface area contributed by atoms with Crippen LogP contribution in [0.5, 0.6) is 5.75 Å². The van der Waals surface area contributed by atoms with E-state index in [4.69, 9.17) is 13.9 Å². The van der Waals surface area contributed by atoms with Crippen molar-refractivity contribution in [3.63, 3.8) is 0 Å². The number of aromatic amines is 1. The highest BCUT2D eigenvalue weighted by Crippen LogP contribution is 2.44. The minimum Gasteiger partial charge on any atom is -0.507 e. The van der Waals surface area contributed by atoms with Gasteiger partial charge in [-0.1, -0.05) is 24.3 Å². The number of nitrogens with one attached hydrogen (secondary N) is 2. The summed E-state index contributed by atoms with van der Waals surface area (Å²) in [5.74, 6) is 0.209. The van der Waals surface area contributed by atoms with Crippen molar-refractivity contribution in [2.45, 2.75) is 19.9 Å². The highest BCUT2D eigenvalue weighted by Gasteiger charge is 2.37. The van der Waals surface area contributed by atoms with Crippen LogP contribution in [0.4, 0.5) is 0 Å². The number of aromatic hydroxyl groups is 1. The van der Waals surface area contributed by atoms with Gasteiger partial charge in [0.15, 0.2) is 12.4 Å². The van der Waals surface area contributed by atoms with Crippen molar-refractivity contribution in [3.05, 3.63) is 71.2 Å². The second-order valence-corrected chi connectivity index (χ2v) is 8.30. The van der Waals surface area contributed by atoms with Crippen molar-refractivity contribution in [1.82, 2.24) is 0 Å². The number of H-pyrrole nitrogens is 1. The number of quaternary nitrogens is 1. The van der Waals surface area contributed by atoms with Crippen LogP contribution in [0.1, 0.15) is 40.2 Å². The Balaban J connectivity index is 1.89. The molecule has 170 valence electrons. The monoisotopic (exact) mass is 448 g/mol. The predicted octanol–water partition coefficient (Wildman–Crippen LogP) is 2.60. The Morgan fingerprint density at radius 3 is 2.55 bits per heavy atom. The molecule has 3 N–H and O–H groups in total. The van der Waals surface area contributed by atoms with E-state index in [0.29, 0.717) is 46.5 Å². The number of furan rings is 1. The molecule has 5 rings (SSSR count). The van der Waals surface area contributed by atoms with Gasteiger partial charge in [-0.2, -0.15) is 0 Å². The van der Waals surface area contributed by atoms with Gasteiger partial charge in [-0.25, -0.2) is 9.78 Å². The molecule has 1 aliphatic heterocycles. The number of aryl methyl sites for hydroxylation is 1. The number of hydrogen-bond donors (Lipinski definition) is 2. The standard InChI is InChI=1S/C26H26N2O5/c1-3-32-26(30)20-16(2)33-25-19-7-5-4-6-18(19)24(29)22(21(20)25)23(17-8-10-27-11-9-17)28-12-14-31-15-13-28/h4-11,23,29H,3,12-15H2,1-2H3/p+2. The van der Waals surface area contributed by atoms with Gasteiger partial charge in [-0.15, -0.1) is 0 Å². The molecule has 7 heteroatoms. The molecule has 2 aromatic carbocycles.